The van der Waals surface area contributed by atoms with Crippen LogP contribution in [0.5, 0.6) is 0 Å². The average Bonchev–Trinajstić information content (AvgIpc) is 3.21. The molecule has 7 nitrogen and oxygen atoms in total. The first kappa shape index (κ1) is 17.5. The van der Waals surface area contributed by atoms with Crippen LogP contribution in [0.4, 0.5) is 10.2 Å². The quantitative estimate of drug-likeness (QED) is 0.433. The molecule has 0 bridgehead atoms. The molecule has 0 fully saturated rings. The van der Waals surface area contributed by atoms with E-state index >= 15 is 0 Å². The fraction of sp³-hybridized carbons (Fsp3) is 0.222. The Balaban J connectivity index is 2.01. The number of halogens is 1. The molecule has 0 unspecified atom stereocenters. The molecule has 8 heteroatoms. The van der Waals surface area contributed by atoms with Gasteiger partial charge in [0, 0.05) is 29.9 Å². The van der Waals surface area contributed by atoms with Crippen LogP contribution >= 0.6 is 0 Å². The van der Waals surface area contributed by atoms with E-state index in [4.69, 9.17) is 0 Å². The van der Waals surface area contributed by atoms with E-state index in [1.165, 1.54) is 13.2 Å². The first-order valence-electron chi connectivity index (χ1n) is 7.94. The third-order valence-corrected chi connectivity index (χ3v) is 4.01. The molecular weight excluding hydrogens is 337 g/mol. The second-order valence-corrected chi connectivity index (χ2v) is 5.69. The number of amidine groups is 1. The number of rotatable bonds is 5. The van der Waals surface area contributed by atoms with E-state index in [9.17, 15) is 9.18 Å². The zero-order valence-corrected chi connectivity index (χ0v) is 14.5. The molecule has 3 rings (SSSR count). The van der Waals surface area contributed by atoms with Crippen LogP contribution in [0.25, 0.3) is 11.0 Å². The number of ether oxygens (including phenoxy) is 1. The SMILES string of the molecule is C=NC(=Nc1c(C)ccn1CCC(=O)OC)c1c[nH]c2ncc(F)cc12. The van der Waals surface area contributed by atoms with Crippen LogP contribution in [-0.4, -0.2) is 40.2 Å². The summed E-state index contributed by atoms with van der Waals surface area (Å²) >= 11 is 0. The molecule has 0 aromatic carbocycles. The molecule has 0 atom stereocenters. The fourth-order valence-corrected chi connectivity index (χ4v) is 2.66. The Labute approximate surface area is 149 Å². The third-order valence-electron chi connectivity index (χ3n) is 4.01. The van der Waals surface area contributed by atoms with Crippen LogP contribution in [0, 0.1) is 12.7 Å². The van der Waals surface area contributed by atoms with Crippen molar-refractivity contribution in [2.75, 3.05) is 7.11 Å². The van der Waals surface area contributed by atoms with E-state index < -0.39 is 5.82 Å². The van der Waals surface area contributed by atoms with E-state index in [2.05, 4.69) is 31.4 Å². The lowest BCUT2D eigenvalue weighted by Crippen LogP contribution is -2.06. The molecular formula is C18H18FN5O2. The molecule has 26 heavy (non-hydrogen) atoms. The fourth-order valence-electron chi connectivity index (χ4n) is 2.66. The smallest absolute Gasteiger partial charge is 0.307 e. The molecule has 3 aromatic rings. The molecule has 0 spiro atoms. The summed E-state index contributed by atoms with van der Waals surface area (Å²) in [6.45, 7) is 5.91. The van der Waals surface area contributed by atoms with Crippen LogP contribution < -0.4 is 0 Å². The van der Waals surface area contributed by atoms with Gasteiger partial charge in [0.2, 0.25) is 0 Å². The Morgan fingerprint density at radius 1 is 1.50 bits per heavy atom. The van der Waals surface area contributed by atoms with Crippen molar-refractivity contribution in [2.45, 2.75) is 19.9 Å². The third kappa shape index (κ3) is 3.39. The highest BCUT2D eigenvalue weighted by Crippen LogP contribution is 2.25. The van der Waals surface area contributed by atoms with Crippen LogP contribution in [0.1, 0.15) is 17.5 Å². The van der Waals surface area contributed by atoms with E-state index in [1.807, 2.05) is 23.8 Å². The average molecular weight is 355 g/mol. The van der Waals surface area contributed by atoms with Crippen molar-refractivity contribution in [1.82, 2.24) is 14.5 Å². The number of esters is 1. The van der Waals surface area contributed by atoms with Crippen molar-refractivity contribution in [3.8, 4) is 0 Å². The minimum atomic E-state index is -0.445. The van der Waals surface area contributed by atoms with Crippen molar-refractivity contribution in [3.63, 3.8) is 0 Å². The van der Waals surface area contributed by atoms with Gasteiger partial charge in [0.1, 0.15) is 17.3 Å². The number of H-pyrrole nitrogens is 1. The summed E-state index contributed by atoms with van der Waals surface area (Å²) < 4.78 is 20.1. The van der Waals surface area contributed by atoms with Gasteiger partial charge in [-0.3, -0.25) is 4.79 Å². The number of methoxy groups -OCH3 is 1. The molecule has 0 radical (unpaired) electrons. The Kier molecular flexibility index (Phi) is 4.92. The Morgan fingerprint density at radius 2 is 2.31 bits per heavy atom. The number of nitrogens with zero attached hydrogens (tertiary/aromatic N) is 4. The lowest BCUT2D eigenvalue weighted by Gasteiger charge is -2.07. The number of hydrogen-bond donors (Lipinski definition) is 1. The number of aryl methyl sites for hydroxylation is 2. The minimum Gasteiger partial charge on any atom is -0.469 e. The number of aromatic nitrogens is 3. The molecule has 0 aliphatic heterocycles. The van der Waals surface area contributed by atoms with Crippen LogP contribution in [0.15, 0.2) is 40.7 Å². The molecule has 0 saturated heterocycles. The second kappa shape index (κ2) is 7.30. The zero-order valence-electron chi connectivity index (χ0n) is 14.5. The van der Waals surface area contributed by atoms with Gasteiger partial charge in [-0.25, -0.2) is 19.4 Å². The maximum Gasteiger partial charge on any atom is 0.307 e. The molecule has 1 N–H and O–H groups in total. The summed E-state index contributed by atoms with van der Waals surface area (Å²) in [5.41, 5.74) is 2.05. The number of carbonyl (C=O) groups excluding carboxylic acids is 1. The Hall–Kier alpha value is -3.29. The summed E-state index contributed by atoms with van der Waals surface area (Å²) in [5, 5.41) is 0.571. The van der Waals surface area contributed by atoms with Crippen molar-refractivity contribution in [1.29, 1.82) is 0 Å². The molecule has 0 aliphatic carbocycles. The van der Waals surface area contributed by atoms with Gasteiger partial charge in [-0.1, -0.05) is 0 Å². The molecule has 0 saturated carbocycles. The number of pyridine rings is 1. The standard InChI is InChI=1S/C18H18FN5O2/c1-11-4-6-24(7-5-15(25)26-3)18(11)23-16(20-2)14-10-22-17-13(14)8-12(19)9-21-17/h4,6,8-10H,2,5,7H2,1,3H3,(H,21,22). The summed E-state index contributed by atoms with van der Waals surface area (Å²) in [5.74, 6) is 0.241. The van der Waals surface area contributed by atoms with E-state index in [0.29, 0.717) is 34.8 Å². The van der Waals surface area contributed by atoms with E-state index in [1.54, 1.807) is 6.20 Å². The number of aromatic amines is 1. The summed E-state index contributed by atoms with van der Waals surface area (Å²) in [4.78, 5) is 27.0. The van der Waals surface area contributed by atoms with Gasteiger partial charge in [-0.05, 0) is 31.3 Å². The first-order valence-corrected chi connectivity index (χ1v) is 7.94. The van der Waals surface area contributed by atoms with E-state index in [-0.39, 0.29) is 12.4 Å². The predicted octanol–water partition coefficient (Wildman–Crippen LogP) is 3.15. The minimum absolute atomic E-state index is 0.228. The second-order valence-electron chi connectivity index (χ2n) is 5.69. The summed E-state index contributed by atoms with van der Waals surface area (Å²) in [7, 11) is 1.35. The van der Waals surface area contributed by atoms with Gasteiger partial charge in [-0.2, -0.15) is 0 Å². The number of nitrogens with one attached hydrogen (secondary N) is 1. The normalized spacial score (nSPS) is 11.7. The van der Waals surface area contributed by atoms with Crippen molar-refractivity contribution in [2.24, 2.45) is 9.98 Å². The van der Waals surface area contributed by atoms with E-state index in [0.717, 1.165) is 11.8 Å². The number of carbonyl (C=O) groups is 1. The monoisotopic (exact) mass is 355 g/mol. The van der Waals surface area contributed by atoms with Gasteiger partial charge in [0.15, 0.2) is 5.84 Å². The van der Waals surface area contributed by atoms with Crippen LogP contribution in [-0.2, 0) is 16.1 Å². The Bertz CT molecular complexity index is 1000. The lowest BCUT2D eigenvalue weighted by atomic mass is 10.2. The maximum atomic E-state index is 13.6. The highest BCUT2D eigenvalue weighted by Gasteiger charge is 2.14. The first-order chi connectivity index (χ1) is 12.5. The Morgan fingerprint density at radius 3 is 3.04 bits per heavy atom. The van der Waals surface area contributed by atoms with Gasteiger partial charge in [-0.15, -0.1) is 0 Å². The maximum absolute atomic E-state index is 13.6. The molecule has 3 aromatic heterocycles. The van der Waals surface area contributed by atoms with Crippen LogP contribution in [0.2, 0.25) is 0 Å². The topological polar surface area (TPSA) is 84.6 Å². The van der Waals surface area contributed by atoms with Gasteiger partial charge in [0.25, 0.3) is 0 Å². The highest BCUT2D eigenvalue weighted by atomic mass is 19.1. The summed E-state index contributed by atoms with van der Waals surface area (Å²) in [6.07, 6.45) is 4.88. The van der Waals surface area contributed by atoms with Crippen molar-refractivity contribution >= 4 is 35.4 Å². The molecule has 3 heterocycles. The van der Waals surface area contributed by atoms with Crippen LogP contribution in [0.3, 0.4) is 0 Å². The number of hydrogen-bond acceptors (Lipinski definition) is 4. The van der Waals surface area contributed by atoms with Crippen molar-refractivity contribution < 1.29 is 13.9 Å². The molecule has 134 valence electrons. The highest BCUT2D eigenvalue weighted by molar-refractivity contribution is 6.11. The summed E-state index contributed by atoms with van der Waals surface area (Å²) in [6, 6.07) is 3.27. The number of fused-ring (bicyclic) bond motifs is 1. The lowest BCUT2D eigenvalue weighted by molar-refractivity contribution is -0.140. The van der Waals surface area contributed by atoms with Crippen molar-refractivity contribution in [3.05, 3.63) is 47.7 Å². The van der Waals surface area contributed by atoms with Gasteiger partial charge >= 0.3 is 5.97 Å². The molecule has 0 aliphatic rings. The largest absolute Gasteiger partial charge is 0.469 e. The molecule has 0 amide bonds. The van der Waals surface area contributed by atoms with Gasteiger partial charge in [0.05, 0.1) is 19.7 Å². The zero-order chi connectivity index (χ0) is 18.7. The van der Waals surface area contributed by atoms with Gasteiger partial charge < -0.3 is 14.3 Å². The number of aliphatic imine (C=N–C) groups is 2. The predicted molar refractivity (Wildman–Crippen MR) is 97.6 cm³/mol.